The van der Waals surface area contributed by atoms with Gasteiger partial charge in [0.2, 0.25) is 0 Å². The Morgan fingerprint density at radius 3 is 3.10 bits per heavy atom. The summed E-state index contributed by atoms with van der Waals surface area (Å²) in [7, 11) is 0. The third kappa shape index (κ3) is 3.51. The van der Waals surface area contributed by atoms with Crippen molar-refractivity contribution in [3.8, 4) is 0 Å². The molecule has 1 N–H and O–H groups in total. The zero-order valence-electron chi connectivity index (χ0n) is 12.0. The van der Waals surface area contributed by atoms with Crippen molar-refractivity contribution in [1.29, 1.82) is 0 Å². The van der Waals surface area contributed by atoms with Crippen LogP contribution in [0.1, 0.15) is 27.3 Å². The van der Waals surface area contributed by atoms with Gasteiger partial charge in [-0.3, -0.25) is 4.79 Å². The first-order chi connectivity index (χ1) is 10.2. The molecule has 0 spiro atoms. The molecule has 0 aliphatic carbocycles. The molecule has 0 radical (unpaired) electrons. The first-order valence-electron chi connectivity index (χ1n) is 7.15. The van der Waals surface area contributed by atoms with E-state index in [1.807, 2.05) is 34.2 Å². The van der Waals surface area contributed by atoms with E-state index in [1.54, 1.807) is 22.7 Å². The van der Waals surface area contributed by atoms with Gasteiger partial charge in [0.1, 0.15) is 0 Å². The molecule has 112 valence electrons. The standard InChI is InChI=1S/C15H19N3OS2/c1-11-14(21-10-17-11)8-18(7-12-2-4-16-6-12)15(19)13-3-5-20-9-13/h3,5,9-10,12,16H,2,4,6-8H2,1H3/t12-/m1/s1. The molecule has 3 rings (SSSR count). The van der Waals surface area contributed by atoms with E-state index in [9.17, 15) is 4.79 Å². The number of thiazole rings is 1. The van der Waals surface area contributed by atoms with Crippen LogP contribution in [0.5, 0.6) is 0 Å². The summed E-state index contributed by atoms with van der Waals surface area (Å²) in [6.45, 7) is 5.57. The lowest BCUT2D eigenvalue weighted by molar-refractivity contribution is 0.0721. The SMILES string of the molecule is Cc1ncsc1CN(C[C@@H]1CCNC1)C(=O)c1ccsc1. The van der Waals surface area contributed by atoms with Crippen molar-refractivity contribution < 1.29 is 4.79 Å². The van der Waals surface area contributed by atoms with E-state index in [2.05, 4.69) is 10.3 Å². The van der Waals surface area contributed by atoms with E-state index >= 15 is 0 Å². The third-order valence-electron chi connectivity index (χ3n) is 3.88. The highest BCUT2D eigenvalue weighted by Gasteiger charge is 2.24. The van der Waals surface area contributed by atoms with E-state index in [1.165, 1.54) is 4.88 Å². The number of nitrogens with one attached hydrogen (secondary N) is 1. The summed E-state index contributed by atoms with van der Waals surface area (Å²) in [5.41, 5.74) is 3.69. The Hall–Kier alpha value is -1.24. The summed E-state index contributed by atoms with van der Waals surface area (Å²) in [5.74, 6) is 0.691. The number of carbonyl (C=O) groups is 1. The second kappa shape index (κ2) is 6.68. The van der Waals surface area contributed by atoms with Crippen molar-refractivity contribution in [1.82, 2.24) is 15.2 Å². The molecular formula is C15H19N3OS2. The smallest absolute Gasteiger partial charge is 0.255 e. The average molecular weight is 321 g/mol. The first-order valence-corrected chi connectivity index (χ1v) is 8.97. The van der Waals surface area contributed by atoms with Crippen molar-refractivity contribution in [3.63, 3.8) is 0 Å². The van der Waals surface area contributed by atoms with Gasteiger partial charge in [0.05, 0.1) is 23.3 Å². The molecule has 1 atom stereocenters. The predicted octanol–water partition coefficient (Wildman–Crippen LogP) is 2.76. The zero-order chi connectivity index (χ0) is 14.7. The fourth-order valence-electron chi connectivity index (χ4n) is 2.62. The lowest BCUT2D eigenvalue weighted by Gasteiger charge is -2.25. The van der Waals surface area contributed by atoms with E-state index in [0.717, 1.165) is 37.3 Å². The number of aryl methyl sites for hydroxylation is 1. The molecule has 1 aliphatic heterocycles. The van der Waals surface area contributed by atoms with Gasteiger partial charge >= 0.3 is 0 Å². The van der Waals surface area contributed by atoms with Crippen LogP contribution < -0.4 is 5.32 Å². The second-order valence-electron chi connectivity index (χ2n) is 5.42. The molecule has 1 saturated heterocycles. The van der Waals surface area contributed by atoms with Gasteiger partial charge < -0.3 is 10.2 Å². The Bertz CT molecular complexity index is 588. The molecule has 4 nitrogen and oxygen atoms in total. The monoisotopic (exact) mass is 321 g/mol. The lowest BCUT2D eigenvalue weighted by Crippen LogP contribution is -2.35. The Kier molecular flexibility index (Phi) is 4.67. The summed E-state index contributed by atoms with van der Waals surface area (Å²) in [5, 5.41) is 7.27. The molecule has 0 saturated carbocycles. The van der Waals surface area contributed by atoms with Gasteiger partial charge in [-0.2, -0.15) is 11.3 Å². The Morgan fingerprint density at radius 2 is 2.48 bits per heavy atom. The summed E-state index contributed by atoms with van der Waals surface area (Å²) in [6.07, 6.45) is 1.15. The minimum Gasteiger partial charge on any atom is -0.333 e. The van der Waals surface area contributed by atoms with Crippen molar-refractivity contribution in [3.05, 3.63) is 38.5 Å². The van der Waals surface area contributed by atoms with Gasteiger partial charge in [0.25, 0.3) is 5.91 Å². The molecule has 6 heteroatoms. The number of amides is 1. The van der Waals surface area contributed by atoms with Crippen LogP contribution in [0.25, 0.3) is 0 Å². The van der Waals surface area contributed by atoms with Crippen LogP contribution in [0.2, 0.25) is 0 Å². The van der Waals surface area contributed by atoms with Gasteiger partial charge in [-0.1, -0.05) is 0 Å². The second-order valence-corrected chi connectivity index (χ2v) is 7.14. The maximum atomic E-state index is 12.7. The Balaban J connectivity index is 1.76. The first kappa shape index (κ1) is 14.7. The van der Waals surface area contributed by atoms with Crippen LogP contribution in [0.3, 0.4) is 0 Å². The fraction of sp³-hybridized carbons (Fsp3) is 0.467. The molecular weight excluding hydrogens is 302 g/mol. The topological polar surface area (TPSA) is 45.2 Å². The number of thiophene rings is 1. The van der Waals surface area contributed by atoms with Gasteiger partial charge in [0, 0.05) is 16.8 Å². The molecule has 2 aromatic heterocycles. The minimum absolute atomic E-state index is 0.135. The largest absolute Gasteiger partial charge is 0.333 e. The summed E-state index contributed by atoms with van der Waals surface area (Å²) in [6, 6.07) is 1.91. The van der Waals surface area contributed by atoms with E-state index in [-0.39, 0.29) is 5.91 Å². The molecule has 2 aromatic rings. The van der Waals surface area contributed by atoms with Gasteiger partial charge in [0.15, 0.2) is 0 Å². The molecule has 3 heterocycles. The normalized spacial score (nSPS) is 18.0. The van der Waals surface area contributed by atoms with Crippen LogP contribution in [-0.2, 0) is 6.54 Å². The summed E-state index contributed by atoms with van der Waals surface area (Å²) >= 11 is 3.20. The fourth-order valence-corrected chi connectivity index (χ4v) is 4.04. The highest BCUT2D eigenvalue weighted by Crippen LogP contribution is 2.20. The average Bonchev–Trinajstić information content (AvgIpc) is 3.20. The molecule has 1 amide bonds. The third-order valence-corrected chi connectivity index (χ3v) is 5.48. The predicted molar refractivity (Wildman–Crippen MR) is 86.9 cm³/mol. The van der Waals surface area contributed by atoms with Crippen molar-refractivity contribution in [2.75, 3.05) is 19.6 Å². The van der Waals surface area contributed by atoms with Crippen molar-refractivity contribution >= 4 is 28.6 Å². The minimum atomic E-state index is 0.135. The number of hydrogen-bond donors (Lipinski definition) is 1. The molecule has 1 fully saturated rings. The van der Waals surface area contributed by atoms with Crippen LogP contribution in [-0.4, -0.2) is 35.4 Å². The van der Waals surface area contributed by atoms with E-state index < -0.39 is 0 Å². The Morgan fingerprint density at radius 1 is 1.57 bits per heavy atom. The molecule has 0 aromatic carbocycles. The number of carbonyl (C=O) groups excluding carboxylic acids is 1. The number of hydrogen-bond acceptors (Lipinski definition) is 5. The lowest BCUT2D eigenvalue weighted by atomic mass is 10.1. The Labute approximate surface area is 132 Å². The maximum absolute atomic E-state index is 12.7. The molecule has 0 bridgehead atoms. The van der Waals surface area contributed by atoms with E-state index in [0.29, 0.717) is 12.5 Å². The van der Waals surface area contributed by atoms with Crippen molar-refractivity contribution in [2.24, 2.45) is 5.92 Å². The van der Waals surface area contributed by atoms with Crippen LogP contribution >= 0.6 is 22.7 Å². The highest BCUT2D eigenvalue weighted by atomic mass is 32.1. The highest BCUT2D eigenvalue weighted by molar-refractivity contribution is 7.09. The maximum Gasteiger partial charge on any atom is 0.255 e. The quantitative estimate of drug-likeness (QED) is 0.921. The van der Waals surface area contributed by atoms with Gasteiger partial charge in [-0.15, -0.1) is 11.3 Å². The van der Waals surface area contributed by atoms with Crippen molar-refractivity contribution in [2.45, 2.75) is 19.9 Å². The molecule has 21 heavy (non-hydrogen) atoms. The summed E-state index contributed by atoms with van der Waals surface area (Å²) in [4.78, 5) is 20.2. The van der Waals surface area contributed by atoms with Crippen LogP contribution in [0, 0.1) is 12.8 Å². The molecule has 0 unspecified atom stereocenters. The molecule has 1 aliphatic rings. The van der Waals surface area contributed by atoms with Crippen LogP contribution in [0.4, 0.5) is 0 Å². The van der Waals surface area contributed by atoms with Gasteiger partial charge in [-0.05, 0) is 43.8 Å². The zero-order valence-corrected chi connectivity index (χ0v) is 13.7. The number of aromatic nitrogens is 1. The van der Waals surface area contributed by atoms with E-state index in [4.69, 9.17) is 0 Å². The summed E-state index contributed by atoms with van der Waals surface area (Å²) < 4.78 is 0. The van der Waals surface area contributed by atoms with Gasteiger partial charge in [-0.25, -0.2) is 4.98 Å². The van der Waals surface area contributed by atoms with Crippen LogP contribution in [0.15, 0.2) is 22.3 Å². The number of rotatable bonds is 5. The number of nitrogens with zero attached hydrogens (tertiary/aromatic N) is 2.